The van der Waals surface area contributed by atoms with E-state index in [2.05, 4.69) is 5.32 Å². The normalized spacial score (nSPS) is 12.1. The minimum absolute atomic E-state index is 0.0623. The molecule has 22 heavy (non-hydrogen) atoms. The number of carbonyl (C=O) groups excluding carboxylic acids is 1. The molecule has 2 rings (SSSR count). The molecule has 2 aromatic rings. The number of phenolic OH excluding ortho intramolecular Hbond substituents is 1. The molecule has 0 aliphatic rings. The predicted molar refractivity (Wildman–Crippen MR) is 86.7 cm³/mol. The van der Waals surface area contributed by atoms with Gasteiger partial charge in [0.25, 0.3) is 0 Å². The standard InChI is InChI=1S/C18H19NO3/c1-13(15-6-4-3-5-7-15)19-18(21)11-9-14-8-10-16(20)17(12-14)22-2/h3-13,20H,1-2H3,(H,19,21)/b11-9+. The highest BCUT2D eigenvalue weighted by atomic mass is 16.5. The molecule has 2 N–H and O–H groups in total. The monoisotopic (exact) mass is 297 g/mol. The maximum atomic E-state index is 11.9. The molecule has 4 heteroatoms. The number of nitrogens with one attached hydrogen (secondary N) is 1. The van der Waals surface area contributed by atoms with E-state index >= 15 is 0 Å². The first kappa shape index (κ1) is 15.6. The molecule has 0 bridgehead atoms. The van der Waals surface area contributed by atoms with Gasteiger partial charge in [0.1, 0.15) is 0 Å². The second kappa shape index (κ2) is 7.31. The fraction of sp³-hybridized carbons (Fsp3) is 0.167. The number of phenols is 1. The Morgan fingerprint density at radius 2 is 1.95 bits per heavy atom. The van der Waals surface area contributed by atoms with E-state index in [1.807, 2.05) is 37.3 Å². The number of methoxy groups -OCH3 is 1. The van der Waals surface area contributed by atoms with Gasteiger partial charge < -0.3 is 15.2 Å². The van der Waals surface area contributed by atoms with Crippen molar-refractivity contribution in [3.05, 3.63) is 65.7 Å². The number of carbonyl (C=O) groups is 1. The van der Waals surface area contributed by atoms with Gasteiger partial charge in [0.15, 0.2) is 11.5 Å². The van der Waals surface area contributed by atoms with Crippen molar-refractivity contribution in [2.45, 2.75) is 13.0 Å². The minimum atomic E-state index is -0.177. The topological polar surface area (TPSA) is 58.6 Å². The van der Waals surface area contributed by atoms with E-state index in [-0.39, 0.29) is 17.7 Å². The summed E-state index contributed by atoms with van der Waals surface area (Å²) in [4.78, 5) is 11.9. The van der Waals surface area contributed by atoms with Crippen LogP contribution in [-0.2, 0) is 4.79 Å². The van der Waals surface area contributed by atoms with Crippen molar-refractivity contribution in [1.29, 1.82) is 0 Å². The number of amides is 1. The van der Waals surface area contributed by atoms with E-state index in [1.54, 1.807) is 18.2 Å². The zero-order valence-corrected chi connectivity index (χ0v) is 12.6. The van der Waals surface area contributed by atoms with Crippen molar-refractivity contribution in [3.63, 3.8) is 0 Å². The van der Waals surface area contributed by atoms with Crippen LogP contribution in [0.15, 0.2) is 54.6 Å². The third-order valence-corrected chi connectivity index (χ3v) is 3.29. The van der Waals surface area contributed by atoms with E-state index in [0.29, 0.717) is 5.75 Å². The maximum absolute atomic E-state index is 11.9. The molecule has 0 aromatic heterocycles. The quantitative estimate of drug-likeness (QED) is 0.833. The molecule has 0 heterocycles. The largest absolute Gasteiger partial charge is 0.504 e. The van der Waals surface area contributed by atoms with Crippen LogP contribution >= 0.6 is 0 Å². The van der Waals surface area contributed by atoms with Crippen molar-refractivity contribution in [2.24, 2.45) is 0 Å². The van der Waals surface area contributed by atoms with Gasteiger partial charge in [-0.3, -0.25) is 4.79 Å². The molecule has 0 aliphatic heterocycles. The summed E-state index contributed by atoms with van der Waals surface area (Å²) in [6, 6.07) is 14.6. The number of rotatable bonds is 5. The van der Waals surface area contributed by atoms with E-state index < -0.39 is 0 Å². The summed E-state index contributed by atoms with van der Waals surface area (Å²) in [6.45, 7) is 1.94. The van der Waals surface area contributed by atoms with Crippen LogP contribution in [0.25, 0.3) is 6.08 Å². The fourth-order valence-corrected chi connectivity index (χ4v) is 2.06. The van der Waals surface area contributed by atoms with Gasteiger partial charge in [-0.15, -0.1) is 0 Å². The summed E-state index contributed by atoms with van der Waals surface area (Å²) in [6.07, 6.45) is 3.14. The van der Waals surface area contributed by atoms with Crippen molar-refractivity contribution in [1.82, 2.24) is 5.32 Å². The van der Waals surface area contributed by atoms with Crippen molar-refractivity contribution in [2.75, 3.05) is 7.11 Å². The molecule has 0 fully saturated rings. The number of ether oxygens (including phenoxy) is 1. The van der Waals surface area contributed by atoms with E-state index in [0.717, 1.165) is 11.1 Å². The summed E-state index contributed by atoms with van der Waals surface area (Å²) in [7, 11) is 1.48. The Morgan fingerprint density at radius 3 is 2.64 bits per heavy atom. The van der Waals surface area contributed by atoms with E-state index in [4.69, 9.17) is 4.74 Å². The van der Waals surface area contributed by atoms with Gasteiger partial charge >= 0.3 is 0 Å². The van der Waals surface area contributed by atoms with Crippen molar-refractivity contribution >= 4 is 12.0 Å². The first-order valence-corrected chi connectivity index (χ1v) is 7.00. The zero-order valence-electron chi connectivity index (χ0n) is 12.6. The highest BCUT2D eigenvalue weighted by Crippen LogP contribution is 2.26. The molecule has 2 aromatic carbocycles. The number of hydrogen-bond donors (Lipinski definition) is 2. The van der Waals surface area contributed by atoms with Crippen LogP contribution in [0.5, 0.6) is 11.5 Å². The van der Waals surface area contributed by atoms with Crippen LogP contribution in [0.3, 0.4) is 0 Å². The van der Waals surface area contributed by atoms with Crippen LogP contribution < -0.4 is 10.1 Å². The first-order chi connectivity index (χ1) is 10.6. The molecule has 0 spiro atoms. The van der Waals surface area contributed by atoms with Gasteiger partial charge in [0, 0.05) is 6.08 Å². The smallest absolute Gasteiger partial charge is 0.244 e. The van der Waals surface area contributed by atoms with Crippen molar-refractivity contribution in [3.8, 4) is 11.5 Å². The van der Waals surface area contributed by atoms with Crippen LogP contribution in [0.1, 0.15) is 24.1 Å². The van der Waals surface area contributed by atoms with Gasteiger partial charge in [0.2, 0.25) is 5.91 Å². The molecule has 114 valence electrons. The molecule has 1 atom stereocenters. The highest BCUT2D eigenvalue weighted by molar-refractivity contribution is 5.92. The van der Waals surface area contributed by atoms with Gasteiger partial charge in [-0.05, 0) is 36.3 Å². The molecule has 1 unspecified atom stereocenters. The molecule has 0 saturated carbocycles. The third kappa shape index (κ3) is 4.12. The third-order valence-electron chi connectivity index (χ3n) is 3.29. The van der Waals surface area contributed by atoms with Crippen LogP contribution in [-0.4, -0.2) is 18.1 Å². The summed E-state index contributed by atoms with van der Waals surface area (Å²) >= 11 is 0. The van der Waals surface area contributed by atoms with Gasteiger partial charge in [-0.2, -0.15) is 0 Å². The summed E-state index contributed by atoms with van der Waals surface area (Å²) in [5.41, 5.74) is 1.83. The lowest BCUT2D eigenvalue weighted by atomic mass is 10.1. The molecular formula is C18H19NO3. The molecule has 0 aliphatic carbocycles. The molecule has 4 nitrogen and oxygen atoms in total. The average molecular weight is 297 g/mol. The average Bonchev–Trinajstić information content (AvgIpc) is 2.55. The Hall–Kier alpha value is -2.75. The van der Waals surface area contributed by atoms with Crippen molar-refractivity contribution < 1.29 is 14.6 Å². The number of aromatic hydroxyl groups is 1. The first-order valence-electron chi connectivity index (χ1n) is 7.00. The Balaban J connectivity index is 1.99. The molecular weight excluding hydrogens is 278 g/mol. The Bertz CT molecular complexity index is 665. The highest BCUT2D eigenvalue weighted by Gasteiger charge is 2.06. The van der Waals surface area contributed by atoms with Gasteiger partial charge in [-0.25, -0.2) is 0 Å². The van der Waals surface area contributed by atoms with Gasteiger partial charge in [-0.1, -0.05) is 36.4 Å². The van der Waals surface area contributed by atoms with E-state index in [9.17, 15) is 9.90 Å². The van der Waals surface area contributed by atoms with Crippen LogP contribution in [0, 0.1) is 0 Å². The maximum Gasteiger partial charge on any atom is 0.244 e. The lowest BCUT2D eigenvalue weighted by Gasteiger charge is -2.12. The molecule has 0 radical (unpaired) electrons. The van der Waals surface area contributed by atoms with Crippen LogP contribution in [0.2, 0.25) is 0 Å². The van der Waals surface area contributed by atoms with E-state index in [1.165, 1.54) is 19.3 Å². The summed E-state index contributed by atoms with van der Waals surface area (Å²) in [5.74, 6) is 0.269. The Morgan fingerprint density at radius 1 is 1.23 bits per heavy atom. The second-order valence-corrected chi connectivity index (χ2v) is 4.91. The van der Waals surface area contributed by atoms with Gasteiger partial charge in [0.05, 0.1) is 13.2 Å². The Kier molecular flexibility index (Phi) is 5.20. The SMILES string of the molecule is COc1cc(/C=C/C(=O)NC(C)c2ccccc2)ccc1O. The Labute approximate surface area is 130 Å². The molecule has 1 amide bonds. The number of hydrogen-bond acceptors (Lipinski definition) is 3. The summed E-state index contributed by atoms with van der Waals surface area (Å²) in [5, 5.41) is 12.4. The predicted octanol–water partition coefficient (Wildman–Crippen LogP) is 3.29. The zero-order chi connectivity index (χ0) is 15.9. The lowest BCUT2D eigenvalue weighted by molar-refractivity contribution is -0.117. The fourth-order valence-electron chi connectivity index (χ4n) is 2.06. The second-order valence-electron chi connectivity index (χ2n) is 4.91. The minimum Gasteiger partial charge on any atom is -0.504 e. The number of benzene rings is 2. The molecule has 0 saturated heterocycles. The van der Waals surface area contributed by atoms with Crippen LogP contribution in [0.4, 0.5) is 0 Å². The summed E-state index contributed by atoms with van der Waals surface area (Å²) < 4.78 is 5.03. The lowest BCUT2D eigenvalue weighted by Crippen LogP contribution is -2.24.